The van der Waals surface area contributed by atoms with Gasteiger partial charge in [-0.2, -0.15) is 0 Å². The predicted octanol–water partition coefficient (Wildman–Crippen LogP) is 2.90. The van der Waals surface area contributed by atoms with E-state index in [1.165, 1.54) is 0 Å². The zero-order valence-electron chi connectivity index (χ0n) is 9.07. The molecular weight excluding hydrogens is 232 g/mol. The van der Waals surface area contributed by atoms with Crippen molar-refractivity contribution in [2.45, 2.75) is 0 Å². The lowest BCUT2D eigenvalue weighted by molar-refractivity contribution is 1.61. The van der Waals surface area contributed by atoms with E-state index in [4.69, 9.17) is 23.1 Å². The number of halogens is 1. The molecule has 0 heterocycles. The van der Waals surface area contributed by atoms with Crippen LogP contribution >= 0.6 is 11.6 Å². The third-order valence-electron chi connectivity index (χ3n) is 2.31. The van der Waals surface area contributed by atoms with E-state index in [0.717, 1.165) is 5.56 Å². The topological polar surface area (TPSA) is 52.0 Å². The van der Waals surface area contributed by atoms with Gasteiger partial charge in [-0.15, -0.1) is 0 Å². The van der Waals surface area contributed by atoms with Gasteiger partial charge in [0.2, 0.25) is 0 Å². The van der Waals surface area contributed by atoms with Gasteiger partial charge in [-0.1, -0.05) is 35.6 Å². The molecule has 4 N–H and O–H groups in total. The number of hydrogen-bond acceptors (Lipinski definition) is 2. The first kappa shape index (κ1) is 11.4. The number of benzene rings is 2. The molecule has 0 aromatic heterocycles. The first-order chi connectivity index (χ1) is 8.16. The van der Waals surface area contributed by atoms with Crippen LogP contribution in [0.2, 0.25) is 5.02 Å². The van der Waals surface area contributed by atoms with Crippen molar-refractivity contribution in [1.29, 1.82) is 0 Å². The molecule has 0 aliphatic carbocycles. The van der Waals surface area contributed by atoms with E-state index in [-0.39, 0.29) is 0 Å². The van der Waals surface area contributed by atoms with E-state index in [1.807, 2.05) is 24.3 Å². The van der Waals surface area contributed by atoms with Crippen LogP contribution in [0.15, 0.2) is 42.5 Å². The molecular formula is C14H11ClN2. The van der Waals surface area contributed by atoms with Crippen LogP contribution < -0.4 is 11.5 Å². The average Bonchev–Trinajstić information content (AvgIpc) is 2.32. The first-order valence-corrected chi connectivity index (χ1v) is 5.46. The normalized spacial score (nSPS) is 9.47. The number of nitrogen functional groups attached to an aromatic ring is 2. The van der Waals surface area contributed by atoms with Crippen LogP contribution in [0.1, 0.15) is 11.1 Å². The van der Waals surface area contributed by atoms with Crippen LogP contribution in [0, 0.1) is 11.8 Å². The molecule has 0 aliphatic rings. The van der Waals surface area contributed by atoms with Gasteiger partial charge in [0.15, 0.2) is 0 Å². The Hall–Kier alpha value is -2.11. The fourth-order valence-electron chi connectivity index (χ4n) is 1.38. The zero-order chi connectivity index (χ0) is 12.3. The maximum Gasteiger partial charge on any atom is 0.0493 e. The lowest BCUT2D eigenvalue weighted by Crippen LogP contribution is -1.91. The molecule has 0 atom stereocenters. The molecule has 0 unspecified atom stereocenters. The van der Waals surface area contributed by atoms with Crippen LogP contribution in [0.25, 0.3) is 0 Å². The molecule has 2 nitrogen and oxygen atoms in total. The number of anilines is 2. The van der Waals surface area contributed by atoms with E-state index in [2.05, 4.69) is 11.8 Å². The third-order valence-corrected chi connectivity index (χ3v) is 2.54. The highest BCUT2D eigenvalue weighted by atomic mass is 35.5. The van der Waals surface area contributed by atoms with Crippen molar-refractivity contribution in [2.75, 3.05) is 11.5 Å². The molecule has 0 saturated heterocycles. The van der Waals surface area contributed by atoms with Crippen LogP contribution in [0.5, 0.6) is 0 Å². The predicted molar refractivity (Wildman–Crippen MR) is 72.7 cm³/mol. The maximum absolute atomic E-state index is 5.88. The monoisotopic (exact) mass is 242 g/mol. The molecule has 2 rings (SSSR count). The molecule has 0 saturated carbocycles. The second-order valence-corrected chi connectivity index (χ2v) is 4.01. The lowest BCUT2D eigenvalue weighted by atomic mass is 10.1. The summed E-state index contributed by atoms with van der Waals surface area (Å²) in [7, 11) is 0. The fourth-order valence-corrected chi connectivity index (χ4v) is 1.55. The summed E-state index contributed by atoms with van der Waals surface area (Å²) in [4.78, 5) is 0. The quantitative estimate of drug-likeness (QED) is 0.551. The number of nitrogens with two attached hydrogens (primary N) is 2. The standard InChI is InChI=1S/C14H11ClN2/c15-12-7-8-14(17)11(9-12)6-5-10-3-1-2-4-13(10)16/h1-4,7-9H,16-17H2. The highest BCUT2D eigenvalue weighted by Crippen LogP contribution is 2.17. The Bertz CT molecular complexity index is 609. The molecule has 0 fully saturated rings. The van der Waals surface area contributed by atoms with Gasteiger partial charge >= 0.3 is 0 Å². The Morgan fingerprint density at radius 3 is 2.24 bits per heavy atom. The molecule has 2 aromatic carbocycles. The highest BCUT2D eigenvalue weighted by Gasteiger charge is 1.97. The summed E-state index contributed by atoms with van der Waals surface area (Å²) in [5.74, 6) is 5.96. The molecule has 0 bridgehead atoms. The van der Waals surface area contributed by atoms with Gasteiger partial charge in [0, 0.05) is 27.5 Å². The van der Waals surface area contributed by atoms with Gasteiger partial charge in [-0.25, -0.2) is 0 Å². The molecule has 0 spiro atoms. The third kappa shape index (κ3) is 2.72. The summed E-state index contributed by atoms with van der Waals surface area (Å²) in [5.41, 5.74) is 14.3. The van der Waals surface area contributed by atoms with Crippen molar-refractivity contribution in [3.8, 4) is 11.8 Å². The summed E-state index contributed by atoms with van der Waals surface area (Å²) in [6.07, 6.45) is 0. The van der Waals surface area contributed by atoms with Crippen LogP contribution in [-0.2, 0) is 0 Å². The summed E-state index contributed by atoms with van der Waals surface area (Å²) in [6.45, 7) is 0. The smallest absolute Gasteiger partial charge is 0.0493 e. The van der Waals surface area contributed by atoms with Crippen LogP contribution in [-0.4, -0.2) is 0 Å². The van der Waals surface area contributed by atoms with Crippen molar-refractivity contribution in [1.82, 2.24) is 0 Å². The number of rotatable bonds is 0. The maximum atomic E-state index is 5.88. The summed E-state index contributed by atoms with van der Waals surface area (Å²) in [6, 6.07) is 12.6. The van der Waals surface area contributed by atoms with Crippen molar-refractivity contribution in [3.05, 3.63) is 58.6 Å². The van der Waals surface area contributed by atoms with E-state index in [1.54, 1.807) is 18.2 Å². The minimum Gasteiger partial charge on any atom is -0.398 e. The Labute approximate surface area is 105 Å². The minimum absolute atomic E-state index is 0.608. The first-order valence-electron chi connectivity index (χ1n) is 5.08. The van der Waals surface area contributed by atoms with Crippen molar-refractivity contribution in [3.63, 3.8) is 0 Å². The van der Waals surface area contributed by atoms with Gasteiger partial charge in [0.1, 0.15) is 0 Å². The van der Waals surface area contributed by atoms with Gasteiger partial charge in [0.25, 0.3) is 0 Å². The van der Waals surface area contributed by atoms with Gasteiger partial charge in [-0.05, 0) is 30.3 Å². The second-order valence-electron chi connectivity index (χ2n) is 3.57. The summed E-state index contributed by atoms with van der Waals surface area (Å²) < 4.78 is 0. The van der Waals surface area contributed by atoms with Crippen molar-refractivity contribution in [2.24, 2.45) is 0 Å². The van der Waals surface area contributed by atoms with Crippen molar-refractivity contribution >= 4 is 23.0 Å². The van der Waals surface area contributed by atoms with Crippen LogP contribution in [0.3, 0.4) is 0 Å². The average molecular weight is 243 g/mol. The lowest BCUT2D eigenvalue weighted by Gasteiger charge is -1.98. The summed E-state index contributed by atoms with van der Waals surface area (Å²) in [5, 5.41) is 0.615. The Balaban J connectivity index is 2.40. The summed E-state index contributed by atoms with van der Waals surface area (Å²) >= 11 is 5.88. The highest BCUT2D eigenvalue weighted by molar-refractivity contribution is 6.30. The van der Waals surface area contributed by atoms with Gasteiger partial charge in [-0.3, -0.25) is 0 Å². The largest absolute Gasteiger partial charge is 0.398 e. The molecule has 2 aromatic rings. The molecule has 0 radical (unpaired) electrons. The van der Waals surface area contributed by atoms with E-state index >= 15 is 0 Å². The van der Waals surface area contributed by atoms with Gasteiger partial charge in [0.05, 0.1) is 0 Å². The molecule has 84 valence electrons. The molecule has 0 amide bonds. The van der Waals surface area contributed by atoms with E-state index in [9.17, 15) is 0 Å². The second kappa shape index (κ2) is 4.82. The minimum atomic E-state index is 0.608. The molecule has 3 heteroatoms. The zero-order valence-corrected chi connectivity index (χ0v) is 9.83. The van der Waals surface area contributed by atoms with Crippen LogP contribution in [0.4, 0.5) is 11.4 Å². The molecule has 17 heavy (non-hydrogen) atoms. The van der Waals surface area contributed by atoms with E-state index in [0.29, 0.717) is 22.0 Å². The Morgan fingerprint density at radius 1 is 0.824 bits per heavy atom. The van der Waals surface area contributed by atoms with Crippen molar-refractivity contribution < 1.29 is 0 Å². The number of para-hydroxylation sites is 1. The van der Waals surface area contributed by atoms with E-state index < -0.39 is 0 Å². The molecule has 0 aliphatic heterocycles. The Morgan fingerprint density at radius 2 is 1.47 bits per heavy atom. The van der Waals surface area contributed by atoms with Gasteiger partial charge < -0.3 is 11.5 Å². The Kier molecular flexibility index (Phi) is 3.22. The SMILES string of the molecule is Nc1ccccc1C#Cc1cc(Cl)ccc1N. The fraction of sp³-hybridized carbons (Fsp3) is 0. The number of hydrogen-bond donors (Lipinski definition) is 2.